The number of alkyl halides is 3. The molecule has 3 aromatic rings. The Kier molecular flexibility index (Phi) is 6.02. The van der Waals surface area contributed by atoms with Crippen molar-refractivity contribution in [1.82, 2.24) is 0 Å². The van der Waals surface area contributed by atoms with Crippen molar-refractivity contribution in [3.63, 3.8) is 0 Å². The molecule has 2 amide bonds. The zero-order valence-corrected chi connectivity index (χ0v) is 18.1. The Morgan fingerprint density at radius 2 is 1.38 bits per heavy atom. The Labute approximate surface area is 193 Å². The fraction of sp³-hybridized carbons (Fsp3) is 0.120. The van der Waals surface area contributed by atoms with E-state index in [1.54, 1.807) is 48.5 Å². The number of methoxy groups -OCH3 is 1. The number of ether oxygens (including phenoxy) is 2. The van der Waals surface area contributed by atoms with Gasteiger partial charge in [0.25, 0.3) is 11.8 Å². The molecule has 1 N–H and O–H groups in total. The average molecular weight is 468 g/mol. The van der Waals surface area contributed by atoms with E-state index >= 15 is 0 Å². The zero-order valence-electron chi connectivity index (χ0n) is 18.1. The summed E-state index contributed by atoms with van der Waals surface area (Å²) in [5.74, 6) is -0.947. The number of amides is 2. The summed E-state index contributed by atoms with van der Waals surface area (Å²) >= 11 is 0. The fourth-order valence-electron chi connectivity index (χ4n) is 3.48. The van der Waals surface area contributed by atoms with Gasteiger partial charge in [-0.3, -0.25) is 9.59 Å². The van der Waals surface area contributed by atoms with E-state index in [2.05, 4.69) is 10.1 Å². The summed E-state index contributed by atoms with van der Waals surface area (Å²) in [6, 6.07) is 18.4. The van der Waals surface area contributed by atoms with Crippen LogP contribution in [0.4, 0.5) is 24.5 Å². The van der Waals surface area contributed by atoms with E-state index in [1.165, 1.54) is 19.2 Å². The molecule has 1 aliphatic rings. The molecule has 0 saturated carbocycles. The van der Waals surface area contributed by atoms with Gasteiger partial charge in [-0.25, -0.2) is 4.90 Å². The maximum absolute atomic E-state index is 13.4. The molecule has 0 unspecified atom stereocenters. The maximum Gasteiger partial charge on any atom is 0.573 e. The maximum atomic E-state index is 13.4. The highest BCUT2D eigenvalue weighted by Crippen LogP contribution is 2.35. The molecule has 1 aliphatic heterocycles. The average Bonchev–Trinajstić information content (AvgIpc) is 3.04. The molecule has 0 fully saturated rings. The molecule has 0 aliphatic carbocycles. The third-order valence-electron chi connectivity index (χ3n) is 5.11. The highest BCUT2D eigenvalue weighted by atomic mass is 19.4. The van der Waals surface area contributed by atoms with E-state index in [4.69, 9.17) is 4.74 Å². The zero-order chi connectivity index (χ0) is 24.5. The van der Waals surface area contributed by atoms with Crippen LogP contribution in [0.3, 0.4) is 0 Å². The standard InChI is InChI=1S/C25H19F3N2O4/c1-15-3-9-18(10-4-15)30-23(31)21(16-5-11-19(33-2)12-6-16)22(24(30)32)29-17-7-13-20(14-8-17)34-25(26,27)28/h3-14,29H,1-2H3. The van der Waals surface area contributed by atoms with Crippen molar-refractivity contribution in [2.24, 2.45) is 0 Å². The van der Waals surface area contributed by atoms with Crippen LogP contribution in [-0.4, -0.2) is 25.3 Å². The van der Waals surface area contributed by atoms with Crippen molar-refractivity contribution in [1.29, 1.82) is 0 Å². The number of carbonyl (C=O) groups excluding carboxylic acids is 2. The van der Waals surface area contributed by atoms with Crippen molar-refractivity contribution < 1.29 is 32.2 Å². The lowest BCUT2D eigenvalue weighted by molar-refractivity contribution is -0.274. The molecule has 34 heavy (non-hydrogen) atoms. The Morgan fingerprint density at radius 3 is 1.94 bits per heavy atom. The number of hydrogen-bond donors (Lipinski definition) is 1. The minimum absolute atomic E-state index is 0.000214. The van der Waals surface area contributed by atoms with Gasteiger partial charge in [-0.05, 0) is 61.0 Å². The lowest BCUT2D eigenvalue weighted by Crippen LogP contribution is -2.32. The summed E-state index contributed by atoms with van der Waals surface area (Å²) in [4.78, 5) is 27.8. The Hall–Kier alpha value is -4.27. The second-order valence-electron chi connectivity index (χ2n) is 7.46. The van der Waals surface area contributed by atoms with Gasteiger partial charge in [0, 0.05) is 5.69 Å². The smallest absolute Gasteiger partial charge is 0.497 e. The molecule has 0 atom stereocenters. The molecule has 0 aromatic heterocycles. The number of nitrogens with zero attached hydrogens (tertiary/aromatic N) is 1. The molecular formula is C25H19F3N2O4. The van der Waals surface area contributed by atoms with Crippen LogP contribution in [-0.2, 0) is 9.59 Å². The molecular weight excluding hydrogens is 449 g/mol. The number of imide groups is 1. The van der Waals surface area contributed by atoms with Crippen molar-refractivity contribution >= 4 is 28.8 Å². The van der Waals surface area contributed by atoms with Crippen LogP contribution in [0.5, 0.6) is 11.5 Å². The van der Waals surface area contributed by atoms with E-state index in [0.717, 1.165) is 22.6 Å². The van der Waals surface area contributed by atoms with Gasteiger partial charge in [-0.1, -0.05) is 29.8 Å². The van der Waals surface area contributed by atoms with Gasteiger partial charge in [0.1, 0.15) is 17.2 Å². The number of hydrogen-bond acceptors (Lipinski definition) is 5. The number of anilines is 2. The Balaban J connectivity index is 1.72. The van der Waals surface area contributed by atoms with Crippen LogP contribution in [0.25, 0.3) is 5.57 Å². The summed E-state index contributed by atoms with van der Waals surface area (Å²) < 4.78 is 46.4. The van der Waals surface area contributed by atoms with E-state index in [9.17, 15) is 22.8 Å². The number of rotatable bonds is 6. The molecule has 0 radical (unpaired) electrons. The third-order valence-corrected chi connectivity index (χ3v) is 5.11. The third kappa shape index (κ3) is 4.73. The first-order valence-corrected chi connectivity index (χ1v) is 10.1. The topological polar surface area (TPSA) is 67.9 Å². The summed E-state index contributed by atoms with van der Waals surface area (Å²) in [6.07, 6.45) is -4.82. The predicted octanol–water partition coefficient (Wildman–Crippen LogP) is 5.30. The molecule has 1 heterocycles. The van der Waals surface area contributed by atoms with Crippen LogP contribution < -0.4 is 19.7 Å². The van der Waals surface area contributed by atoms with Crippen molar-refractivity contribution in [3.05, 3.63) is 89.6 Å². The number of nitrogens with one attached hydrogen (secondary N) is 1. The van der Waals surface area contributed by atoms with Crippen LogP contribution in [0.2, 0.25) is 0 Å². The van der Waals surface area contributed by atoms with Crippen LogP contribution in [0.15, 0.2) is 78.5 Å². The van der Waals surface area contributed by atoms with Crippen LogP contribution in [0.1, 0.15) is 11.1 Å². The van der Waals surface area contributed by atoms with Gasteiger partial charge in [0.15, 0.2) is 0 Å². The molecule has 4 rings (SSSR count). The van der Waals surface area contributed by atoms with Gasteiger partial charge < -0.3 is 14.8 Å². The van der Waals surface area contributed by atoms with Gasteiger partial charge in [-0.2, -0.15) is 0 Å². The monoisotopic (exact) mass is 468 g/mol. The second-order valence-corrected chi connectivity index (χ2v) is 7.46. The van der Waals surface area contributed by atoms with Gasteiger partial charge in [-0.15, -0.1) is 13.2 Å². The SMILES string of the molecule is COc1ccc(C2=C(Nc3ccc(OC(F)(F)F)cc3)C(=O)N(c3ccc(C)cc3)C2=O)cc1. The fourth-order valence-corrected chi connectivity index (χ4v) is 3.48. The molecule has 6 nitrogen and oxygen atoms in total. The summed E-state index contributed by atoms with van der Waals surface area (Å²) in [7, 11) is 1.51. The van der Waals surface area contributed by atoms with E-state index < -0.39 is 23.9 Å². The lowest BCUT2D eigenvalue weighted by atomic mass is 10.0. The normalized spacial score (nSPS) is 14.0. The predicted molar refractivity (Wildman–Crippen MR) is 120 cm³/mol. The Morgan fingerprint density at radius 1 is 0.794 bits per heavy atom. The first-order valence-electron chi connectivity index (χ1n) is 10.1. The number of benzene rings is 3. The first kappa shape index (κ1) is 22.9. The minimum atomic E-state index is -4.82. The Bertz CT molecular complexity index is 1250. The molecule has 3 aromatic carbocycles. The van der Waals surface area contributed by atoms with Crippen LogP contribution in [0, 0.1) is 6.92 Å². The quantitative estimate of drug-likeness (QED) is 0.498. The summed E-state index contributed by atoms with van der Waals surface area (Å²) in [5.41, 5.74) is 2.28. The highest BCUT2D eigenvalue weighted by molar-refractivity contribution is 6.46. The number of halogens is 3. The highest BCUT2D eigenvalue weighted by Gasteiger charge is 2.40. The minimum Gasteiger partial charge on any atom is -0.497 e. The van der Waals surface area contributed by atoms with Gasteiger partial charge in [0.2, 0.25) is 0 Å². The largest absolute Gasteiger partial charge is 0.573 e. The van der Waals surface area contributed by atoms with Gasteiger partial charge in [0.05, 0.1) is 18.4 Å². The van der Waals surface area contributed by atoms with E-state index in [-0.39, 0.29) is 11.3 Å². The van der Waals surface area contributed by atoms with Crippen molar-refractivity contribution in [2.75, 3.05) is 17.3 Å². The number of carbonyl (C=O) groups is 2. The van der Waals surface area contributed by atoms with Crippen molar-refractivity contribution in [2.45, 2.75) is 13.3 Å². The molecule has 9 heteroatoms. The number of aryl methyl sites for hydroxylation is 1. The lowest BCUT2D eigenvalue weighted by Gasteiger charge is -2.15. The molecule has 0 bridgehead atoms. The molecule has 174 valence electrons. The van der Waals surface area contributed by atoms with E-state index in [1.807, 2.05) is 6.92 Å². The van der Waals surface area contributed by atoms with Gasteiger partial charge >= 0.3 is 6.36 Å². The van der Waals surface area contributed by atoms with Crippen molar-refractivity contribution in [3.8, 4) is 11.5 Å². The summed E-state index contributed by atoms with van der Waals surface area (Å²) in [6.45, 7) is 1.89. The molecule has 0 spiro atoms. The summed E-state index contributed by atoms with van der Waals surface area (Å²) in [5, 5.41) is 2.90. The second kappa shape index (κ2) is 8.93. The first-order chi connectivity index (χ1) is 16.2. The van der Waals surface area contributed by atoms with E-state index in [0.29, 0.717) is 22.7 Å². The molecule has 0 saturated heterocycles. The van der Waals surface area contributed by atoms with Crippen LogP contribution >= 0.6 is 0 Å².